The maximum atomic E-state index is 13.0. The Kier molecular flexibility index (Phi) is 5.14. The maximum absolute atomic E-state index is 13.0. The summed E-state index contributed by atoms with van der Waals surface area (Å²) in [6.45, 7) is 1.44. The van der Waals surface area contributed by atoms with Gasteiger partial charge in [0.05, 0.1) is 0 Å². The molecule has 0 unspecified atom stereocenters. The second-order valence-electron chi connectivity index (χ2n) is 6.14. The number of rotatable bonds is 4. The molecule has 0 spiro atoms. The first-order valence-corrected chi connectivity index (χ1v) is 8.69. The van der Waals surface area contributed by atoms with E-state index in [1.54, 1.807) is 24.4 Å². The number of nitrogens with zero attached hydrogens (tertiary/aromatic N) is 2. The van der Waals surface area contributed by atoms with Crippen LogP contribution in [0.5, 0.6) is 0 Å². The SMILES string of the molecule is O=C(Cn1cc(Br)ccc1=O)N1CC[C@H](Cc2ccc(F)cc2)C1. The van der Waals surface area contributed by atoms with E-state index < -0.39 is 0 Å². The van der Waals surface area contributed by atoms with Crippen molar-refractivity contribution in [3.8, 4) is 0 Å². The van der Waals surface area contributed by atoms with Crippen LogP contribution in [0, 0.1) is 11.7 Å². The van der Waals surface area contributed by atoms with Gasteiger partial charge in [0, 0.05) is 29.8 Å². The molecule has 0 aliphatic carbocycles. The largest absolute Gasteiger partial charge is 0.341 e. The highest BCUT2D eigenvalue weighted by Crippen LogP contribution is 2.21. The van der Waals surface area contributed by atoms with E-state index in [1.807, 2.05) is 4.90 Å². The fourth-order valence-electron chi connectivity index (χ4n) is 3.05. The van der Waals surface area contributed by atoms with Gasteiger partial charge in [0.2, 0.25) is 5.91 Å². The van der Waals surface area contributed by atoms with Gasteiger partial charge in [-0.3, -0.25) is 9.59 Å². The zero-order chi connectivity index (χ0) is 17.1. The van der Waals surface area contributed by atoms with Gasteiger partial charge < -0.3 is 9.47 Å². The van der Waals surface area contributed by atoms with E-state index in [9.17, 15) is 14.0 Å². The van der Waals surface area contributed by atoms with Gasteiger partial charge in [-0.2, -0.15) is 0 Å². The number of pyridine rings is 1. The van der Waals surface area contributed by atoms with E-state index in [0.29, 0.717) is 19.0 Å². The number of benzene rings is 1. The van der Waals surface area contributed by atoms with Crippen molar-refractivity contribution in [2.24, 2.45) is 5.92 Å². The molecule has 1 fully saturated rings. The fraction of sp³-hybridized carbons (Fsp3) is 0.333. The highest BCUT2D eigenvalue weighted by Gasteiger charge is 2.26. The van der Waals surface area contributed by atoms with E-state index in [2.05, 4.69) is 15.9 Å². The number of carbonyl (C=O) groups is 1. The van der Waals surface area contributed by atoms with Crippen molar-refractivity contribution in [1.29, 1.82) is 0 Å². The predicted octanol–water partition coefficient (Wildman–Crippen LogP) is 2.84. The molecule has 4 nitrogen and oxygen atoms in total. The smallest absolute Gasteiger partial charge is 0.251 e. The lowest BCUT2D eigenvalue weighted by Crippen LogP contribution is -2.34. The quantitative estimate of drug-likeness (QED) is 0.802. The molecule has 1 amide bonds. The van der Waals surface area contributed by atoms with Gasteiger partial charge in [-0.1, -0.05) is 12.1 Å². The molecule has 0 radical (unpaired) electrons. The summed E-state index contributed by atoms with van der Waals surface area (Å²) < 4.78 is 15.1. The van der Waals surface area contributed by atoms with Crippen LogP contribution < -0.4 is 5.56 Å². The molecule has 0 saturated carbocycles. The molecule has 1 aromatic heterocycles. The third-order valence-corrected chi connectivity index (χ3v) is 4.80. The molecular weight excluding hydrogens is 375 g/mol. The van der Waals surface area contributed by atoms with Crippen LogP contribution in [0.4, 0.5) is 4.39 Å². The van der Waals surface area contributed by atoms with Crippen LogP contribution in [0.3, 0.4) is 0 Å². The van der Waals surface area contributed by atoms with E-state index in [1.165, 1.54) is 22.8 Å². The highest BCUT2D eigenvalue weighted by atomic mass is 79.9. The lowest BCUT2D eigenvalue weighted by molar-refractivity contribution is -0.130. The lowest BCUT2D eigenvalue weighted by Gasteiger charge is -2.17. The molecule has 2 aromatic rings. The first kappa shape index (κ1) is 16.9. The van der Waals surface area contributed by atoms with Gasteiger partial charge in [0.1, 0.15) is 12.4 Å². The van der Waals surface area contributed by atoms with Crippen LogP contribution in [0.25, 0.3) is 0 Å². The van der Waals surface area contributed by atoms with Crippen LogP contribution in [0.2, 0.25) is 0 Å². The fourth-order valence-corrected chi connectivity index (χ4v) is 3.43. The van der Waals surface area contributed by atoms with Gasteiger partial charge in [0.25, 0.3) is 5.56 Å². The summed E-state index contributed by atoms with van der Waals surface area (Å²) in [4.78, 5) is 26.0. The number of aromatic nitrogens is 1. The van der Waals surface area contributed by atoms with Crippen LogP contribution in [-0.2, 0) is 17.8 Å². The molecule has 3 rings (SSSR count). The average Bonchev–Trinajstić information content (AvgIpc) is 3.02. The Labute approximate surface area is 148 Å². The number of carbonyl (C=O) groups excluding carboxylic acids is 1. The predicted molar refractivity (Wildman–Crippen MR) is 93.2 cm³/mol. The molecule has 126 valence electrons. The second-order valence-corrected chi connectivity index (χ2v) is 7.05. The average molecular weight is 393 g/mol. The topological polar surface area (TPSA) is 42.3 Å². The van der Waals surface area contributed by atoms with E-state index in [0.717, 1.165) is 22.9 Å². The van der Waals surface area contributed by atoms with Gasteiger partial charge >= 0.3 is 0 Å². The monoisotopic (exact) mass is 392 g/mol. The van der Waals surface area contributed by atoms with Crippen molar-refractivity contribution in [2.75, 3.05) is 13.1 Å². The van der Waals surface area contributed by atoms with Crippen molar-refractivity contribution in [2.45, 2.75) is 19.4 Å². The van der Waals surface area contributed by atoms with Crippen molar-refractivity contribution >= 4 is 21.8 Å². The van der Waals surface area contributed by atoms with Crippen molar-refractivity contribution in [3.05, 3.63) is 68.8 Å². The van der Waals surface area contributed by atoms with Gasteiger partial charge in [0.15, 0.2) is 0 Å². The van der Waals surface area contributed by atoms with Crippen molar-refractivity contribution < 1.29 is 9.18 Å². The molecule has 0 N–H and O–H groups in total. The zero-order valence-electron chi connectivity index (χ0n) is 13.1. The number of hydrogen-bond donors (Lipinski definition) is 0. The third-order valence-electron chi connectivity index (χ3n) is 4.33. The molecular formula is C18H18BrFN2O2. The summed E-state index contributed by atoms with van der Waals surface area (Å²) in [5.41, 5.74) is 0.896. The van der Waals surface area contributed by atoms with Gasteiger partial charge in [-0.15, -0.1) is 0 Å². The van der Waals surface area contributed by atoms with E-state index in [4.69, 9.17) is 0 Å². The molecule has 1 aromatic carbocycles. The molecule has 24 heavy (non-hydrogen) atoms. The Morgan fingerprint density at radius 1 is 1.21 bits per heavy atom. The van der Waals surface area contributed by atoms with Crippen LogP contribution in [-0.4, -0.2) is 28.5 Å². The summed E-state index contributed by atoms with van der Waals surface area (Å²) in [7, 11) is 0. The second kappa shape index (κ2) is 7.30. The summed E-state index contributed by atoms with van der Waals surface area (Å²) in [6, 6.07) is 9.62. The van der Waals surface area contributed by atoms with Crippen molar-refractivity contribution in [1.82, 2.24) is 9.47 Å². The van der Waals surface area contributed by atoms with E-state index in [-0.39, 0.29) is 23.8 Å². The minimum atomic E-state index is -0.235. The Hall–Kier alpha value is -1.95. The standard InChI is InChI=1S/C18H18BrFN2O2/c19-15-3-6-17(23)22(11-15)12-18(24)21-8-7-14(10-21)9-13-1-4-16(20)5-2-13/h1-6,11,14H,7-10,12H2/t14-/m1/s1. The number of halogens is 2. The van der Waals surface area contributed by atoms with Gasteiger partial charge in [-0.25, -0.2) is 4.39 Å². The molecule has 1 atom stereocenters. The van der Waals surface area contributed by atoms with E-state index >= 15 is 0 Å². The highest BCUT2D eigenvalue weighted by molar-refractivity contribution is 9.10. The molecule has 0 bridgehead atoms. The summed E-state index contributed by atoms with van der Waals surface area (Å²) in [6.07, 6.45) is 3.39. The maximum Gasteiger partial charge on any atom is 0.251 e. The first-order valence-electron chi connectivity index (χ1n) is 7.89. The Morgan fingerprint density at radius 2 is 1.96 bits per heavy atom. The summed E-state index contributed by atoms with van der Waals surface area (Å²) in [5.74, 6) is 0.0943. The minimum Gasteiger partial charge on any atom is -0.341 e. The molecule has 6 heteroatoms. The lowest BCUT2D eigenvalue weighted by atomic mass is 9.99. The van der Waals surface area contributed by atoms with Gasteiger partial charge in [-0.05, 0) is 58.5 Å². The molecule has 2 heterocycles. The third kappa shape index (κ3) is 4.12. The number of hydrogen-bond acceptors (Lipinski definition) is 2. The van der Waals surface area contributed by atoms with Crippen LogP contribution in [0.15, 0.2) is 51.9 Å². The Bertz CT molecular complexity index is 788. The summed E-state index contributed by atoms with van der Waals surface area (Å²) >= 11 is 3.31. The number of likely N-dealkylation sites (tertiary alicyclic amines) is 1. The molecule has 1 saturated heterocycles. The molecule has 1 aliphatic heterocycles. The zero-order valence-corrected chi connectivity index (χ0v) is 14.7. The summed E-state index contributed by atoms with van der Waals surface area (Å²) in [5, 5.41) is 0. The first-order chi connectivity index (χ1) is 11.5. The molecule has 1 aliphatic rings. The van der Waals surface area contributed by atoms with Crippen LogP contribution >= 0.6 is 15.9 Å². The van der Waals surface area contributed by atoms with Crippen molar-refractivity contribution in [3.63, 3.8) is 0 Å². The minimum absolute atomic E-state index is 0.0446. The Morgan fingerprint density at radius 3 is 2.71 bits per heavy atom. The normalized spacial score (nSPS) is 17.2. The van der Waals surface area contributed by atoms with Crippen LogP contribution in [0.1, 0.15) is 12.0 Å². The number of amides is 1. The Balaban J connectivity index is 1.58.